The maximum atomic E-state index is 5.89. The Kier molecular flexibility index (Phi) is 5.04. The second-order valence-corrected chi connectivity index (χ2v) is 5.78. The Labute approximate surface area is 116 Å². The Bertz CT molecular complexity index is 353. The standard InChI is InChI=1S/C15H23ClN2/c1-13(2)18-11-9-17(10-12-18)8-7-14-3-5-15(16)6-4-14/h3-6,13H,7-12H2,1-2H3. The Morgan fingerprint density at radius 1 is 1.06 bits per heavy atom. The van der Waals surface area contributed by atoms with Gasteiger partial charge in [-0.3, -0.25) is 4.90 Å². The lowest BCUT2D eigenvalue weighted by molar-refractivity contribution is 0.109. The highest BCUT2D eigenvalue weighted by Crippen LogP contribution is 2.11. The first-order valence-electron chi connectivity index (χ1n) is 6.86. The van der Waals surface area contributed by atoms with E-state index in [2.05, 4.69) is 35.8 Å². The lowest BCUT2D eigenvalue weighted by Crippen LogP contribution is -2.49. The van der Waals surface area contributed by atoms with Crippen molar-refractivity contribution in [3.05, 3.63) is 34.9 Å². The predicted octanol–water partition coefficient (Wildman–Crippen LogP) is 2.91. The molecule has 0 atom stereocenters. The molecule has 1 aliphatic rings. The van der Waals surface area contributed by atoms with Crippen molar-refractivity contribution in [2.75, 3.05) is 32.7 Å². The van der Waals surface area contributed by atoms with Crippen molar-refractivity contribution in [3.8, 4) is 0 Å². The molecule has 0 saturated carbocycles. The molecule has 18 heavy (non-hydrogen) atoms. The number of nitrogens with zero attached hydrogens (tertiary/aromatic N) is 2. The molecule has 1 saturated heterocycles. The van der Waals surface area contributed by atoms with Gasteiger partial charge in [-0.1, -0.05) is 23.7 Å². The van der Waals surface area contributed by atoms with E-state index in [1.807, 2.05) is 12.1 Å². The molecule has 2 rings (SSSR count). The van der Waals surface area contributed by atoms with Crippen molar-refractivity contribution in [2.45, 2.75) is 26.3 Å². The second kappa shape index (κ2) is 6.55. The Morgan fingerprint density at radius 3 is 2.22 bits per heavy atom. The van der Waals surface area contributed by atoms with Gasteiger partial charge in [-0.25, -0.2) is 0 Å². The molecule has 1 aliphatic heterocycles. The zero-order valence-electron chi connectivity index (χ0n) is 11.4. The normalized spacial score (nSPS) is 18.4. The van der Waals surface area contributed by atoms with Crippen molar-refractivity contribution in [3.63, 3.8) is 0 Å². The summed E-state index contributed by atoms with van der Waals surface area (Å²) in [5, 5.41) is 0.823. The molecule has 2 nitrogen and oxygen atoms in total. The van der Waals surface area contributed by atoms with Gasteiger partial charge in [-0.05, 0) is 38.0 Å². The molecule has 1 heterocycles. The summed E-state index contributed by atoms with van der Waals surface area (Å²) in [5.41, 5.74) is 1.38. The van der Waals surface area contributed by atoms with Crippen LogP contribution in [0.3, 0.4) is 0 Å². The van der Waals surface area contributed by atoms with E-state index in [-0.39, 0.29) is 0 Å². The van der Waals surface area contributed by atoms with E-state index in [4.69, 9.17) is 11.6 Å². The third-order valence-corrected chi connectivity index (χ3v) is 4.02. The van der Waals surface area contributed by atoms with Gasteiger partial charge in [0.15, 0.2) is 0 Å². The minimum Gasteiger partial charge on any atom is -0.300 e. The van der Waals surface area contributed by atoms with Crippen molar-refractivity contribution in [2.24, 2.45) is 0 Å². The molecule has 3 heteroatoms. The monoisotopic (exact) mass is 266 g/mol. The van der Waals surface area contributed by atoms with Crippen LogP contribution >= 0.6 is 11.6 Å². The summed E-state index contributed by atoms with van der Waals surface area (Å²) in [4.78, 5) is 5.12. The lowest BCUT2D eigenvalue weighted by atomic mass is 10.1. The van der Waals surface area contributed by atoms with Gasteiger partial charge in [-0.2, -0.15) is 0 Å². The highest BCUT2D eigenvalue weighted by atomic mass is 35.5. The largest absolute Gasteiger partial charge is 0.300 e. The third-order valence-electron chi connectivity index (χ3n) is 3.77. The molecule has 0 bridgehead atoms. The molecule has 0 N–H and O–H groups in total. The fraction of sp³-hybridized carbons (Fsp3) is 0.600. The summed E-state index contributed by atoms with van der Waals surface area (Å²) < 4.78 is 0. The van der Waals surface area contributed by atoms with Crippen LogP contribution in [0.15, 0.2) is 24.3 Å². The zero-order valence-corrected chi connectivity index (χ0v) is 12.2. The van der Waals surface area contributed by atoms with Crippen LogP contribution in [0.4, 0.5) is 0 Å². The quantitative estimate of drug-likeness (QED) is 0.827. The van der Waals surface area contributed by atoms with Gasteiger partial charge in [0.25, 0.3) is 0 Å². The summed E-state index contributed by atoms with van der Waals surface area (Å²) in [7, 11) is 0. The average molecular weight is 267 g/mol. The SMILES string of the molecule is CC(C)N1CCN(CCc2ccc(Cl)cc2)CC1. The van der Waals surface area contributed by atoms with Crippen LogP contribution in [-0.4, -0.2) is 48.6 Å². The number of benzene rings is 1. The maximum Gasteiger partial charge on any atom is 0.0406 e. The van der Waals surface area contributed by atoms with E-state index < -0.39 is 0 Å². The molecule has 1 aromatic carbocycles. The lowest BCUT2D eigenvalue weighted by Gasteiger charge is -2.36. The first-order valence-corrected chi connectivity index (χ1v) is 7.24. The van der Waals surface area contributed by atoms with Gasteiger partial charge in [0.1, 0.15) is 0 Å². The van der Waals surface area contributed by atoms with E-state index >= 15 is 0 Å². The molecular weight excluding hydrogens is 244 g/mol. The minimum atomic E-state index is 0.684. The maximum absolute atomic E-state index is 5.89. The van der Waals surface area contributed by atoms with Crippen LogP contribution in [0.25, 0.3) is 0 Å². The summed E-state index contributed by atoms with van der Waals surface area (Å²) in [6.45, 7) is 10.5. The summed E-state index contributed by atoms with van der Waals surface area (Å²) in [6.07, 6.45) is 1.12. The average Bonchev–Trinajstić information content (AvgIpc) is 2.38. The van der Waals surface area contributed by atoms with Gasteiger partial charge in [0, 0.05) is 43.8 Å². The van der Waals surface area contributed by atoms with E-state index in [0.29, 0.717) is 6.04 Å². The number of piperazine rings is 1. The van der Waals surface area contributed by atoms with Crippen LogP contribution in [0.5, 0.6) is 0 Å². The van der Waals surface area contributed by atoms with Crippen molar-refractivity contribution >= 4 is 11.6 Å². The summed E-state index contributed by atoms with van der Waals surface area (Å²) >= 11 is 5.89. The first-order chi connectivity index (χ1) is 8.65. The van der Waals surface area contributed by atoms with Gasteiger partial charge < -0.3 is 4.90 Å². The molecule has 0 aliphatic carbocycles. The number of hydrogen-bond donors (Lipinski definition) is 0. The molecule has 1 aromatic rings. The second-order valence-electron chi connectivity index (χ2n) is 5.35. The zero-order chi connectivity index (χ0) is 13.0. The number of halogens is 1. The minimum absolute atomic E-state index is 0.684. The van der Waals surface area contributed by atoms with E-state index in [9.17, 15) is 0 Å². The first kappa shape index (κ1) is 13.9. The van der Waals surface area contributed by atoms with Crippen LogP contribution < -0.4 is 0 Å². The van der Waals surface area contributed by atoms with Gasteiger partial charge in [0.05, 0.1) is 0 Å². The van der Waals surface area contributed by atoms with Crippen LogP contribution in [0, 0.1) is 0 Å². The smallest absolute Gasteiger partial charge is 0.0406 e. The van der Waals surface area contributed by atoms with Gasteiger partial charge in [-0.15, -0.1) is 0 Å². The molecular formula is C15H23ClN2. The molecule has 0 amide bonds. The number of hydrogen-bond acceptors (Lipinski definition) is 2. The fourth-order valence-corrected chi connectivity index (χ4v) is 2.57. The summed E-state index contributed by atoms with van der Waals surface area (Å²) in [5.74, 6) is 0. The molecule has 0 radical (unpaired) electrons. The molecule has 0 unspecified atom stereocenters. The van der Waals surface area contributed by atoms with Gasteiger partial charge >= 0.3 is 0 Å². The van der Waals surface area contributed by atoms with E-state index in [1.165, 1.54) is 31.7 Å². The van der Waals surface area contributed by atoms with Gasteiger partial charge in [0.2, 0.25) is 0 Å². The molecule has 1 fully saturated rings. The van der Waals surface area contributed by atoms with Crippen LogP contribution in [-0.2, 0) is 6.42 Å². The fourth-order valence-electron chi connectivity index (χ4n) is 2.44. The predicted molar refractivity (Wildman–Crippen MR) is 78.3 cm³/mol. The molecule has 0 spiro atoms. The number of rotatable bonds is 4. The Balaban J connectivity index is 1.74. The van der Waals surface area contributed by atoms with Crippen LogP contribution in [0.1, 0.15) is 19.4 Å². The topological polar surface area (TPSA) is 6.48 Å². The van der Waals surface area contributed by atoms with Crippen LogP contribution in [0.2, 0.25) is 5.02 Å². The highest BCUT2D eigenvalue weighted by molar-refractivity contribution is 6.30. The Hall–Kier alpha value is -0.570. The van der Waals surface area contributed by atoms with E-state index in [0.717, 1.165) is 18.0 Å². The van der Waals surface area contributed by atoms with Crippen molar-refractivity contribution < 1.29 is 0 Å². The van der Waals surface area contributed by atoms with Crippen molar-refractivity contribution in [1.29, 1.82) is 0 Å². The van der Waals surface area contributed by atoms with E-state index in [1.54, 1.807) is 0 Å². The van der Waals surface area contributed by atoms with Crippen molar-refractivity contribution in [1.82, 2.24) is 9.80 Å². The summed E-state index contributed by atoms with van der Waals surface area (Å²) in [6, 6.07) is 8.91. The highest BCUT2D eigenvalue weighted by Gasteiger charge is 2.18. The molecule has 100 valence electrons. The molecule has 0 aromatic heterocycles. The Morgan fingerprint density at radius 2 is 1.67 bits per heavy atom. The third kappa shape index (κ3) is 3.98.